The molecule has 2 heterocycles. The van der Waals surface area contributed by atoms with E-state index >= 15 is 0 Å². The van der Waals surface area contributed by atoms with Gasteiger partial charge >= 0.3 is 5.97 Å². The highest BCUT2D eigenvalue weighted by Crippen LogP contribution is 2.25. The molecule has 0 saturated heterocycles. The number of thiophene rings is 1. The highest BCUT2D eigenvalue weighted by Gasteiger charge is 2.24. The van der Waals surface area contributed by atoms with Gasteiger partial charge in [-0.25, -0.2) is 4.98 Å². The quantitative estimate of drug-likeness (QED) is 0.874. The number of nitrogens with zero attached hydrogens (tertiary/aromatic N) is 2. The molecule has 0 radical (unpaired) electrons. The van der Waals surface area contributed by atoms with Gasteiger partial charge in [-0.05, 0) is 11.4 Å². The third kappa shape index (κ3) is 2.36. The summed E-state index contributed by atoms with van der Waals surface area (Å²) >= 11 is 1.55. The van der Waals surface area contributed by atoms with Crippen LogP contribution < -0.4 is 0 Å². The number of aromatic amines is 1. The van der Waals surface area contributed by atoms with Crippen molar-refractivity contribution in [3.8, 4) is 10.7 Å². The van der Waals surface area contributed by atoms with Crippen LogP contribution in [-0.2, 0) is 4.79 Å². The maximum atomic E-state index is 10.9. The largest absolute Gasteiger partial charge is 0.481 e. The molecular weight excluding hydrogens is 238 g/mol. The molecule has 0 bridgehead atoms. The van der Waals surface area contributed by atoms with Gasteiger partial charge in [-0.1, -0.05) is 19.9 Å². The molecule has 2 N–H and O–H groups in total. The molecule has 0 amide bonds. The maximum absolute atomic E-state index is 10.9. The van der Waals surface area contributed by atoms with Crippen LogP contribution in [0.5, 0.6) is 0 Å². The van der Waals surface area contributed by atoms with Gasteiger partial charge in [0.25, 0.3) is 0 Å². The SMILES string of the molecule is CC(C(=O)O)C(C)c1nc(-c2cccs2)n[nH]1. The Morgan fingerprint density at radius 1 is 1.53 bits per heavy atom. The fraction of sp³-hybridized carbons (Fsp3) is 0.364. The Hall–Kier alpha value is -1.69. The lowest BCUT2D eigenvalue weighted by Crippen LogP contribution is -2.17. The van der Waals surface area contributed by atoms with Crippen LogP contribution in [0.3, 0.4) is 0 Å². The minimum Gasteiger partial charge on any atom is -0.481 e. The Kier molecular flexibility index (Phi) is 3.23. The molecule has 2 unspecified atom stereocenters. The summed E-state index contributed by atoms with van der Waals surface area (Å²) in [5, 5.41) is 17.8. The van der Waals surface area contributed by atoms with Crippen LogP contribution in [0.15, 0.2) is 17.5 Å². The van der Waals surface area contributed by atoms with Crippen LogP contribution in [0.25, 0.3) is 10.7 Å². The van der Waals surface area contributed by atoms with Gasteiger partial charge < -0.3 is 5.11 Å². The zero-order chi connectivity index (χ0) is 12.4. The van der Waals surface area contributed by atoms with Crippen molar-refractivity contribution in [2.24, 2.45) is 5.92 Å². The summed E-state index contributed by atoms with van der Waals surface area (Å²) < 4.78 is 0. The number of carboxylic acid groups (broad SMARTS) is 1. The van der Waals surface area contributed by atoms with E-state index < -0.39 is 11.9 Å². The van der Waals surface area contributed by atoms with E-state index in [1.807, 2.05) is 24.4 Å². The normalized spacial score (nSPS) is 14.5. The van der Waals surface area contributed by atoms with Gasteiger partial charge in [0, 0.05) is 5.92 Å². The number of hydrogen-bond donors (Lipinski definition) is 2. The van der Waals surface area contributed by atoms with E-state index in [9.17, 15) is 4.79 Å². The zero-order valence-electron chi connectivity index (χ0n) is 9.54. The molecule has 0 aliphatic rings. The van der Waals surface area contributed by atoms with Crippen molar-refractivity contribution in [1.29, 1.82) is 0 Å². The van der Waals surface area contributed by atoms with Crippen molar-refractivity contribution in [1.82, 2.24) is 15.2 Å². The average Bonchev–Trinajstić information content (AvgIpc) is 2.96. The molecular formula is C11H13N3O2S. The molecule has 0 aliphatic heterocycles. The fourth-order valence-electron chi connectivity index (χ4n) is 1.44. The van der Waals surface area contributed by atoms with Gasteiger partial charge in [0.15, 0.2) is 5.82 Å². The Morgan fingerprint density at radius 2 is 2.29 bits per heavy atom. The first-order valence-electron chi connectivity index (χ1n) is 5.28. The van der Waals surface area contributed by atoms with Crippen molar-refractivity contribution in [2.75, 3.05) is 0 Å². The highest BCUT2D eigenvalue weighted by atomic mass is 32.1. The number of carboxylic acids is 1. The standard InChI is InChI=1S/C11H13N3O2S/c1-6(7(2)11(15)16)9-12-10(14-13-9)8-4-3-5-17-8/h3-7H,1-2H3,(H,15,16)(H,12,13,14). The lowest BCUT2D eigenvalue weighted by Gasteiger charge is -2.11. The average molecular weight is 251 g/mol. The summed E-state index contributed by atoms with van der Waals surface area (Å²) in [7, 11) is 0. The second kappa shape index (κ2) is 4.67. The van der Waals surface area contributed by atoms with Crippen molar-refractivity contribution in [3.63, 3.8) is 0 Å². The number of hydrogen-bond acceptors (Lipinski definition) is 4. The maximum Gasteiger partial charge on any atom is 0.306 e. The van der Waals surface area contributed by atoms with E-state index in [0.29, 0.717) is 11.6 Å². The number of carbonyl (C=O) groups is 1. The molecule has 0 spiro atoms. The molecule has 2 aromatic rings. The Labute approximate surface area is 103 Å². The van der Waals surface area contributed by atoms with Crippen LogP contribution in [0, 0.1) is 5.92 Å². The Bertz CT molecular complexity index is 507. The Morgan fingerprint density at radius 3 is 2.88 bits per heavy atom. The fourth-order valence-corrected chi connectivity index (χ4v) is 2.10. The molecule has 0 fully saturated rings. The van der Waals surface area contributed by atoms with Crippen LogP contribution in [0.1, 0.15) is 25.6 Å². The molecule has 90 valence electrons. The molecule has 5 nitrogen and oxygen atoms in total. The zero-order valence-corrected chi connectivity index (χ0v) is 10.4. The monoisotopic (exact) mass is 251 g/mol. The third-order valence-corrected chi connectivity index (χ3v) is 3.68. The second-order valence-electron chi connectivity index (χ2n) is 3.94. The lowest BCUT2D eigenvalue weighted by molar-refractivity contribution is -0.141. The predicted molar refractivity (Wildman–Crippen MR) is 64.9 cm³/mol. The lowest BCUT2D eigenvalue weighted by atomic mass is 9.96. The van der Waals surface area contributed by atoms with Gasteiger partial charge in [-0.2, -0.15) is 5.10 Å². The summed E-state index contributed by atoms with van der Waals surface area (Å²) in [5.41, 5.74) is 0. The van der Waals surface area contributed by atoms with E-state index in [2.05, 4.69) is 15.2 Å². The van der Waals surface area contributed by atoms with Crippen molar-refractivity contribution < 1.29 is 9.90 Å². The molecule has 2 rings (SSSR count). The minimum absolute atomic E-state index is 0.186. The van der Waals surface area contributed by atoms with E-state index in [1.165, 1.54) is 0 Å². The molecule has 17 heavy (non-hydrogen) atoms. The van der Waals surface area contributed by atoms with E-state index in [-0.39, 0.29) is 5.92 Å². The summed E-state index contributed by atoms with van der Waals surface area (Å²) in [4.78, 5) is 16.2. The topological polar surface area (TPSA) is 78.9 Å². The van der Waals surface area contributed by atoms with Crippen LogP contribution in [0.4, 0.5) is 0 Å². The number of aromatic nitrogens is 3. The number of rotatable bonds is 4. The number of H-pyrrole nitrogens is 1. The van der Waals surface area contributed by atoms with Gasteiger partial charge in [0.1, 0.15) is 5.82 Å². The minimum atomic E-state index is -0.827. The smallest absolute Gasteiger partial charge is 0.306 e. The van der Waals surface area contributed by atoms with E-state index in [4.69, 9.17) is 5.11 Å². The van der Waals surface area contributed by atoms with Crippen molar-refractivity contribution >= 4 is 17.3 Å². The summed E-state index contributed by atoms with van der Waals surface area (Å²) in [6.07, 6.45) is 0. The predicted octanol–water partition coefficient (Wildman–Crippen LogP) is 2.36. The van der Waals surface area contributed by atoms with Gasteiger partial charge in [-0.15, -0.1) is 11.3 Å². The molecule has 2 atom stereocenters. The second-order valence-corrected chi connectivity index (χ2v) is 4.88. The van der Waals surface area contributed by atoms with Crippen LogP contribution in [-0.4, -0.2) is 26.3 Å². The van der Waals surface area contributed by atoms with Crippen LogP contribution in [0.2, 0.25) is 0 Å². The van der Waals surface area contributed by atoms with Crippen LogP contribution >= 0.6 is 11.3 Å². The molecule has 2 aromatic heterocycles. The van der Waals surface area contributed by atoms with Gasteiger partial charge in [0.2, 0.25) is 0 Å². The Balaban J connectivity index is 2.21. The van der Waals surface area contributed by atoms with Gasteiger partial charge in [-0.3, -0.25) is 9.89 Å². The van der Waals surface area contributed by atoms with Crippen molar-refractivity contribution in [3.05, 3.63) is 23.3 Å². The molecule has 0 aromatic carbocycles. The number of nitrogens with one attached hydrogen (secondary N) is 1. The summed E-state index contributed by atoms with van der Waals surface area (Å²) in [5.74, 6) is -0.262. The summed E-state index contributed by atoms with van der Waals surface area (Å²) in [6.45, 7) is 3.50. The molecule has 0 saturated carbocycles. The first-order valence-corrected chi connectivity index (χ1v) is 6.16. The first-order chi connectivity index (χ1) is 8.09. The van der Waals surface area contributed by atoms with E-state index in [0.717, 1.165) is 4.88 Å². The molecule has 0 aliphatic carbocycles. The highest BCUT2D eigenvalue weighted by molar-refractivity contribution is 7.13. The summed E-state index contributed by atoms with van der Waals surface area (Å²) in [6, 6.07) is 3.86. The number of aliphatic carboxylic acids is 1. The third-order valence-electron chi connectivity index (χ3n) is 2.82. The molecule has 6 heteroatoms. The first kappa shape index (κ1) is 11.8. The van der Waals surface area contributed by atoms with Crippen molar-refractivity contribution in [2.45, 2.75) is 19.8 Å². The van der Waals surface area contributed by atoms with E-state index in [1.54, 1.807) is 18.3 Å². The van der Waals surface area contributed by atoms with Gasteiger partial charge in [0.05, 0.1) is 10.8 Å².